The Morgan fingerprint density at radius 2 is 1.41 bits per heavy atom. The smallest absolute Gasteiger partial charge is 0.260 e. The highest BCUT2D eigenvalue weighted by Gasteiger charge is 2.33. The maximum atomic E-state index is 12.9. The molecular weight excluding hydrogens is 756 g/mol. The lowest BCUT2D eigenvalue weighted by Gasteiger charge is -2.38. The minimum absolute atomic E-state index is 0. The zero-order chi connectivity index (χ0) is 37.2. The zero-order valence-electron chi connectivity index (χ0n) is 29.9. The van der Waals surface area contributed by atoms with E-state index in [-0.39, 0.29) is 43.3 Å². The van der Waals surface area contributed by atoms with E-state index in [1.807, 2.05) is 41.3 Å². The van der Waals surface area contributed by atoms with Gasteiger partial charge in [-0.2, -0.15) is 0 Å². The molecule has 4 aromatic rings. The van der Waals surface area contributed by atoms with E-state index in [1.54, 1.807) is 24.3 Å². The summed E-state index contributed by atoms with van der Waals surface area (Å²) >= 11 is 11.8. The van der Waals surface area contributed by atoms with Gasteiger partial charge in [-0.25, -0.2) is 4.39 Å². The van der Waals surface area contributed by atoms with Crippen molar-refractivity contribution in [2.24, 2.45) is 0 Å². The fraction of sp³-hybridized carbons (Fsp3) is 0.366. The number of fused-ring (bicyclic) bond motifs is 1. The number of benzene rings is 4. The van der Waals surface area contributed by atoms with Crippen LogP contribution in [0.15, 0.2) is 91.0 Å². The molecule has 1 amide bonds. The Kier molecular flexibility index (Phi) is 15.0. The third kappa shape index (κ3) is 11.6. The lowest BCUT2D eigenvalue weighted by atomic mass is 9.84. The van der Waals surface area contributed by atoms with E-state index >= 15 is 0 Å². The predicted octanol–water partition coefficient (Wildman–Crippen LogP) is 7.64. The number of halogens is 4. The molecule has 1 N–H and O–H groups in total. The molecule has 0 saturated carbocycles. The maximum absolute atomic E-state index is 12.9. The van der Waals surface area contributed by atoms with Gasteiger partial charge in [0, 0.05) is 67.8 Å². The molecule has 9 nitrogen and oxygen atoms in total. The van der Waals surface area contributed by atoms with Crippen LogP contribution in [0.3, 0.4) is 0 Å². The average molecular weight is 801 g/mol. The van der Waals surface area contributed by atoms with Crippen molar-refractivity contribution in [1.29, 1.82) is 0 Å². The molecule has 2 saturated heterocycles. The monoisotopic (exact) mass is 799 g/mol. The number of likely N-dealkylation sites (tertiary alicyclic amines) is 1. The fourth-order valence-corrected chi connectivity index (χ4v) is 6.91. The van der Waals surface area contributed by atoms with Gasteiger partial charge < -0.3 is 29.1 Å². The molecule has 13 heteroatoms. The van der Waals surface area contributed by atoms with Gasteiger partial charge in [-0.3, -0.25) is 14.5 Å². The number of nitrogens with zero attached hydrogens (tertiary/aromatic N) is 3. The highest BCUT2D eigenvalue weighted by molar-refractivity contribution is 6.30. The van der Waals surface area contributed by atoms with Crippen molar-refractivity contribution in [3.05, 3.63) is 124 Å². The van der Waals surface area contributed by atoms with Crippen molar-refractivity contribution < 1.29 is 33.3 Å². The van der Waals surface area contributed by atoms with E-state index in [0.717, 1.165) is 62.8 Å². The van der Waals surface area contributed by atoms with Crippen LogP contribution in [0.1, 0.15) is 47.2 Å². The summed E-state index contributed by atoms with van der Waals surface area (Å²) in [5.41, 5.74) is 1.85. The maximum Gasteiger partial charge on any atom is 0.260 e. The van der Waals surface area contributed by atoms with Crippen LogP contribution in [-0.4, -0.2) is 90.7 Å². The number of carbonyl (C=O) groups excluding carboxylic acids is 2. The molecule has 2 fully saturated rings. The Labute approximate surface area is 331 Å². The Hall–Kier alpha value is -3.90. The standard InChI is InChI=1S/C21H23ClFNO2.C20H21ClN2O4.ClH/c22-18-7-5-17(6-8-18)21(26)11-14-24(15-12-21)13-1-2-20(25)16-3-9-19(23)10-4-16;21-16-2-4-17(5-3-16)25-13-20(24)23-9-7-22(8-10-23)12-15-1-6-18-19(11-15)27-14-26-18;/h3-10,26H,1-2,11-15H2;1-6,11H,7-10,12-14H2;1H. The first kappa shape index (κ1) is 41.3. The van der Waals surface area contributed by atoms with Crippen LogP contribution in [0.25, 0.3) is 0 Å². The molecule has 288 valence electrons. The van der Waals surface area contributed by atoms with Crippen molar-refractivity contribution >= 4 is 47.3 Å². The van der Waals surface area contributed by atoms with Crippen LogP contribution < -0.4 is 14.2 Å². The van der Waals surface area contributed by atoms with Crippen LogP contribution in [0.2, 0.25) is 10.0 Å². The second kappa shape index (κ2) is 19.6. The molecule has 0 aliphatic carbocycles. The molecule has 0 unspecified atom stereocenters. The highest BCUT2D eigenvalue weighted by atomic mass is 35.5. The molecule has 4 aromatic carbocycles. The lowest BCUT2D eigenvalue weighted by Crippen LogP contribution is -2.49. The number of ether oxygens (including phenoxy) is 3. The minimum atomic E-state index is -0.801. The summed E-state index contributed by atoms with van der Waals surface area (Å²) in [6, 6.07) is 26.1. The summed E-state index contributed by atoms with van der Waals surface area (Å²) in [5.74, 6) is 1.97. The van der Waals surface area contributed by atoms with E-state index in [1.165, 1.54) is 29.8 Å². The molecule has 0 radical (unpaired) electrons. The minimum Gasteiger partial charge on any atom is -0.484 e. The molecule has 0 atom stereocenters. The van der Waals surface area contributed by atoms with E-state index in [2.05, 4.69) is 15.9 Å². The summed E-state index contributed by atoms with van der Waals surface area (Å²) in [5, 5.41) is 12.2. The first-order valence-electron chi connectivity index (χ1n) is 17.9. The van der Waals surface area contributed by atoms with Gasteiger partial charge in [-0.1, -0.05) is 41.4 Å². The van der Waals surface area contributed by atoms with Crippen molar-refractivity contribution in [2.45, 2.75) is 37.8 Å². The molecule has 0 aromatic heterocycles. The second-order valence-corrected chi connectivity index (χ2v) is 14.4. The Bertz CT molecular complexity index is 1820. The number of ketones is 1. The number of piperidine rings is 1. The molecule has 0 bridgehead atoms. The van der Waals surface area contributed by atoms with E-state index in [4.69, 9.17) is 37.4 Å². The number of piperazine rings is 1. The van der Waals surface area contributed by atoms with Gasteiger partial charge in [0.05, 0.1) is 5.60 Å². The molecular formula is C41H45Cl3FN3O6. The number of hydrogen-bond acceptors (Lipinski definition) is 8. The number of Topliss-reactive ketones (excluding diaryl/α,β-unsaturated/α-hetero) is 1. The molecule has 3 aliphatic heterocycles. The fourth-order valence-electron chi connectivity index (χ4n) is 6.66. The second-order valence-electron chi connectivity index (χ2n) is 13.5. The Morgan fingerprint density at radius 3 is 2.07 bits per heavy atom. The number of hydrogen-bond donors (Lipinski definition) is 1. The third-order valence-electron chi connectivity index (χ3n) is 9.85. The van der Waals surface area contributed by atoms with Crippen LogP contribution in [0, 0.1) is 5.82 Å². The number of rotatable bonds is 11. The summed E-state index contributed by atoms with van der Waals surface area (Å²) in [4.78, 5) is 30.9. The van der Waals surface area contributed by atoms with E-state index in [0.29, 0.717) is 53.7 Å². The Balaban J connectivity index is 0.000000204. The van der Waals surface area contributed by atoms with Crippen molar-refractivity contribution in [2.75, 3.05) is 59.2 Å². The molecule has 54 heavy (non-hydrogen) atoms. The van der Waals surface area contributed by atoms with Crippen molar-refractivity contribution in [1.82, 2.24) is 14.7 Å². The van der Waals surface area contributed by atoms with Gasteiger partial charge in [0.1, 0.15) is 11.6 Å². The Morgan fingerprint density at radius 1 is 0.778 bits per heavy atom. The predicted molar refractivity (Wildman–Crippen MR) is 210 cm³/mol. The molecule has 3 heterocycles. The topological polar surface area (TPSA) is 91.8 Å². The van der Waals surface area contributed by atoms with Crippen LogP contribution in [0.4, 0.5) is 4.39 Å². The average Bonchev–Trinajstić information content (AvgIpc) is 3.65. The van der Waals surface area contributed by atoms with Gasteiger partial charge in [0.25, 0.3) is 5.91 Å². The van der Waals surface area contributed by atoms with Crippen molar-refractivity contribution in [3.63, 3.8) is 0 Å². The number of carbonyl (C=O) groups is 2. The quantitative estimate of drug-likeness (QED) is 0.155. The number of amides is 1. The van der Waals surface area contributed by atoms with Crippen LogP contribution >= 0.6 is 35.6 Å². The van der Waals surface area contributed by atoms with Gasteiger partial charge in [0.2, 0.25) is 6.79 Å². The third-order valence-corrected chi connectivity index (χ3v) is 10.4. The summed E-state index contributed by atoms with van der Waals surface area (Å²) in [7, 11) is 0. The van der Waals surface area contributed by atoms with Gasteiger partial charge in [0.15, 0.2) is 23.9 Å². The molecule has 3 aliphatic rings. The van der Waals surface area contributed by atoms with Gasteiger partial charge >= 0.3 is 0 Å². The summed E-state index contributed by atoms with van der Waals surface area (Å²) in [6.45, 7) is 6.65. The SMILES string of the molecule is Cl.O=C(CCCN1CCC(O)(c2ccc(Cl)cc2)CC1)c1ccc(F)cc1.O=C(COc1ccc(Cl)cc1)N1CCN(Cc2ccc3c(c2)OCO3)CC1. The van der Waals surface area contributed by atoms with E-state index < -0.39 is 5.60 Å². The zero-order valence-corrected chi connectivity index (χ0v) is 32.3. The lowest BCUT2D eigenvalue weighted by molar-refractivity contribution is -0.135. The largest absolute Gasteiger partial charge is 0.484 e. The first-order chi connectivity index (χ1) is 25.6. The van der Waals surface area contributed by atoms with E-state index in [9.17, 15) is 19.1 Å². The summed E-state index contributed by atoms with van der Waals surface area (Å²) in [6.07, 6.45) is 2.54. The van der Waals surface area contributed by atoms with Crippen molar-refractivity contribution in [3.8, 4) is 17.2 Å². The van der Waals surface area contributed by atoms with Gasteiger partial charge in [-0.15, -0.1) is 12.4 Å². The first-order valence-corrected chi connectivity index (χ1v) is 18.7. The molecule has 7 rings (SSSR count). The van der Waals surface area contributed by atoms with Crippen LogP contribution in [-0.2, 0) is 16.9 Å². The van der Waals surface area contributed by atoms with Gasteiger partial charge in [-0.05, 0) is 110 Å². The number of aliphatic hydroxyl groups is 1. The summed E-state index contributed by atoms with van der Waals surface area (Å²) < 4.78 is 29.2. The molecule has 0 spiro atoms. The van der Waals surface area contributed by atoms with Crippen LogP contribution in [0.5, 0.6) is 17.2 Å². The normalized spacial score (nSPS) is 16.5. The highest BCUT2D eigenvalue weighted by Crippen LogP contribution is 2.34.